The van der Waals surface area contributed by atoms with E-state index < -0.39 is 0 Å². The SMILES string of the molecule is C=C(C)CC(CCc1c(C)nn(C)c1C)NCC. The van der Waals surface area contributed by atoms with E-state index in [1.165, 1.54) is 22.5 Å². The predicted octanol–water partition coefficient (Wildman–Crippen LogP) is 2.91. The quantitative estimate of drug-likeness (QED) is 0.753. The molecule has 0 saturated heterocycles. The lowest BCUT2D eigenvalue weighted by Crippen LogP contribution is -2.29. The third kappa shape index (κ3) is 3.98. The molecule has 1 aromatic rings. The van der Waals surface area contributed by atoms with Gasteiger partial charge in [-0.3, -0.25) is 4.68 Å². The van der Waals surface area contributed by atoms with Crippen molar-refractivity contribution in [2.75, 3.05) is 6.54 Å². The van der Waals surface area contributed by atoms with Crippen LogP contribution in [0.25, 0.3) is 0 Å². The maximum absolute atomic E-state index is 4.47. The monoisotopic (exact) mass is 249 g/mol. The molecule has 1 unspecified atom stereocenters. The number of hydrogen-bond donors (Lipinski definition) is 1. The summed E-state index contributed by atoms with van der Waals surface area (Å²) < 4.78 is 1.98. The number of nitrogens with zero attached hydrogens (tertiary/aromatic N) is 2. The first-order valence-corrected chi connectivity index (χ1v) is 6.82. The lowest BCUT2D eigenvalue weighted by atomic mass is 9.99. The Morgan fingerprint density at radius 1 is 1.44 bits per heavy atom. The smallest absolute Gasteiger partial charge is 0.0628 e. The highest BCUT2D eigenvalue weighted by Crippen LogP contribution is 2.16. The Labute approximate surface area is 111 Å². The van der Waals surface area contributed by atoms with Gasteiger partial charge in [-0.2, -0.15) is 5.10 Å². The Kier molecular flexibility index (Phi) is 5.60. The van der Waals surface area contributed by atoms with Crippen LogP contribution in [0, 0.1) is 13.8 Å². The highest BCUT2D eigenvalue weighted by atomic mass is 15.3. The molecule has 0 bridgehead atoms. The van der Waals surface area contributed by atoms with Crippen LogP contribution in [0.15, 0.2) is 12.2 Å². The van der Waals surface area contributed by atoms with Crippen molar-refractivity contribution in [2.24, 2.45) is 7.05 Å². The van der Waals surface area contributed by atoms with E-state index in [9.17, 15) is 0 Å². The second-order valence-corrected chi connectivity index (χ2v) is 5.23. The topological polar surface area (TPSA) is 29.9 Å². The molecule has 1 aromatic heterocycles. The molecule has 102 valence electrons. The van der Waals surface area contributed by atoms with E-state index in [4.69, 9.17) is 0 Å². The lowest BCUT2D eigenvalue weighted by molar-refractivity contribution is 0.489. The van der Waals surface area contributed by atoms with E-state index in [1.54, 1.807) is 0 Å². The Morgan fingerprint density at radius 2 is 2.11 bits per heavy atom. The van der Waals surface area contributed by atoms with Crippen LogP contribution >= 0.6 is 0 Å². The van der Waals surface area contributed by atoms with E-state index >= 15 is 0 Å². The Balaban J connectivity index is 2.63. The molecule has 1 atom stereocenters. The molecule has 1 N–H and O–H groups in total. The number of rotatable bonds is 7. The molecule has 3 nitrogen and oxygen atoms in total. The van der Waals surface area contributed by atoms with Gasteiger partial charge in [-0.1, -0.05) is 12.5 Å². The third-order valence-corrected chi connectivity index (χ3v) is 3.49. The molecule has 0 aliphatic carbocycles. The highest BCUT2D eigenvalue weighted by Gasteiger charge is 2.13. The van der Waals surface area contributed by atoms with Crippen molar-refractivity contribution in [1.29, 1.82) is 0 Å². The van der Waals surface area contributed by atoms with Gasteiger partial charge in [0.05, 0.1) is 5.69 Å². The van der Waals surface area contributed by atoms with Gasteiger partial charge in [-0.15, -0.1) is 6.58 Å². The fourth-order valence-corrected chi connectivity index (χ4v) is 2.48. The zero-order valence-corrected chi connectivity index (χ0v) is 12.5. The second kappa shape index (κ2) is 6.74. The van der Waals surface area contributed by atoms with Gasteiger partial charge in [-0.25, -0.2) is 0 Å². The average Bonchev–Trinajstić information content (AvgIpc) is 2.50. The fourth-order valence-electron chi connectivity index (χ4n) is 2.48. The molecule has 0 spiro atoms. The minimum absolute atomic E-state index is 0.534. The minimum Gasteiger partial charge on any atom is -0.314 e. The van der Waals surface area contributed by atoms with Crippen LogP contribution in [-0.4, -0.2) is 22.4 Å². The molecule has 0 saturated carbocycles. The number of aromatic nitrogens is 2. The van der Waals surface area contributed by atoms with E-state index in [2.05, 4.69) is 44.7 Å². The van der Waals surface area contributed by atoms with Gasteiger partial charge in [0.2, 0.25) is 0 Å². The van der Waals surface area contributed by atoms with Gasteiger partial charge in [0, 0.05) is 18.8 Å². The molecule has 3 heteroatoms. The molecule has 0 amide bonds. The van der Waals surface area contributed by atoms with Gasteiger partial charge in [0.15, 0.2) is 0 Å². The number of nitrogens with one attached hydrogen (secondary N) is 1. The van der Waals surface area contributed by atoms with Crippen LogP contribution in [-0.2, 0) is 13.5 Å². The number of hydrogen-bond acceptors (Lipinski definition) is 2. The average molecular weight is 249 g/mol. The van der Waals surface area contributed by atoms with Gasteiger partial charge >= 0.3 is 0 Å². The molecule has 0 aliphatic rings. The molecule has 1 rings (SSSR count). The molecule has 0 radical (unpaired) electrons. The van der Waals surface area contributed by atoms with Crippen LogP contribution in [0.4, 0.5) is 0 Å². The summed E-state index contributed by atoms with van der Waals surface area (Å²) in [6.45, 7) is 13.5. The number of aryl methyl sites for hydroxylation is 2. The Hall–Kier alpha value is -1.09. The van der Waals surface area contributed by atoms with E-state index in [0.29, 0.717) is 6.04 Å². The zero-order chi connectivity index (χ0) is 13.7. The Bertz CT molecular complexity index is 404. The third-order valence-electron chi connectivity index (χ3n) is 3.49. The van der Waals surface area contributed by atoms with E-state index in [-0.39, 0.29) is 0 Å². The summed E-state index contributed by atoms with van der Waals surface area (Å²) in [5, 5.41) is 8.02. The van der Waals surface area contributed by atoms with Crippen molar-refractivity contribution in [1.82, 2.24) is 15.1 Å². The van der Waals surface area contributed by atoms with Gasteiger partial charge in [0.1, 0.15) is 0 Å². The lowest BCUT2D eigenvalue weighted by Gasteiger charge is -2.18. The van der Waals surface area contributed by atoms with Gasteiger partial charge in [-0.05, 0) is 52.1 Å². The standard InChI is InChI=1S/C15H27N3/c1-7-16-14(10-11(2)3)8-9-15-12(4)17-18(6)13(15)5/h14,16H,2,7-10H2,1,3-6H3. The predicted molar refractivity (Wildman–Crippen MR) is 77.9 cm³/mol. The summed E-state index contributed by atoms with van der Waals surface area (Å²) in [5.74, 6) is 0. The van der Waals surface area contributed by atoms with E-state index in [1.807, 2.05) is 11.7 Å². The molecule has 1 heterocycles. The first-order chi connectivity index (χ1) is 8.45. The van der Waals surface area contributed by atoms with Crippen molar-refractivity contribution in [3.8, 4) is 0 Å². The van der Waals surface area contributed by atoms with Crippen LogP contribution < -0.4 is 5.32 Å². The van der Waals surface area contributed by atoms with Gasteiger partial charge < -0.3 is 5.32 Å². The largest absolute Gasteiger partial charge is 0.314 e. The van der Waals surface area contributed by atoms with Crippen LogP contribution in [0.5, 0.6) is 0 Å². The van der Waals surface area contributed by atoms with Crippen molar-refractivity contribution in [2.45, 2.75) is 53.0 Å². The normalized spacial score (nSPS) is 12.7. The molecule has 0 aliphatic heterocycles. The van der Waals surface area contributed by atoms with Crippen LogP contribution in [0.3, 0.4) is 0 Å². The summed E-state index contributed by atoms with van der Waals surface area (Å²) in [7, 11) is 2.02. The summed E-state index contributed by atoms with van der Waals surface area (Å²) in [5.41, 5.74) is 5.11. The zero-order valence-electron chi connectivity index (χ0n) is 12.5. The maximum atomic E-state index is 4.47. The molecule has 0 aromatic carbocycles. The maximum Gasteiger partial charge on any atom is 0.0628 e. The highest BCUT2D eigenvalue weighted by molar-refractivity contribution is 5.24. The molecule has 18 heavy (non-hydrogen) atoms. The second-order valence-electron chi connectivity index (χ2n) is 5.23. The van der Waals surface area contributed by atoms with Crippen LogP contribution in [0.2, 0.25) is 0 Å². The van der Waals surface area contributed by atoms with Crippen molar-refractivity contribution in [3.05, 3.63) is 29.1 Å². The molecular weight excluding hydrogens is 222 g/mol. The van der Waals surface area contributed by atoms with E-state index in [0.717, 1.165) is 25.8 Å². The van der Waals surface area contributed by atoms with Gasteiger partial charge in [0.25, 0.3) is 0 Å². The summed E-state index contributed by atoms with van der Waals surface area (Å²) >= 11 is 0. The summed E-state index contributed by atoms with van der Waals surface area (Å²) in [6, 6.07) is 0.534. The first-order valence-electron chi connectivity index (χ1n) is 6.82. The minimum atomic E-state index is 0.534. The molecular formula is C15H27N3. The van der Waals surface area contributed by atoms with Crippen molar-refractivity contribution >= 4 is 0 Å². The molecule has 0 fully saturated rings. The van der Waals surface area contributed by atoms with Crippen molar-refractivity contribution < 1.29 is 0 Å². The fraction of sp³-hybridized carbons (Fsp3) is 0.667. The summed E-state index contributed by atoms with van der Waals surface area (Å²) in [4.78, 5) is 0. The van der Waals surface area contributed by atoms with Crippen LogP contribution in [0.1, 0.15) is 43.6 Å². The first kappa shape index (κ1) is 15.0. The Morgan fingerprint density at radius 3 is 2.56 bits per heavy atom. The van der Waals surface area contributed by atoms with Crippen molar-refractivity contribution in [3.63, 3.8) is 0 Å². The summed E-state index contributed by atoms with van der Waals surface area (Å²) in [6.07, 6.45) is 3.30.